The van der Waals surface area contributed by atoms with Crippen LogP contribution in [0.4, 0.5) is 13.2 Å². The third kappa shape index (κ3) is 5.95. The first kappa shape index (κ1) is 27.1. The SMILES string of the molecule is CCc1cc2c(s1)[C@]1(CCN(Cc3cnn(CCS(C)(=O)=O)c3)[C@@H](C)C1)OCC2OC(=O)C(F)(F)F. The van der Waals surface area contributed by atoms with Crippen LogP contribution in [0.1, 0.15) is 53.7 Å². The quantitative estimate of drug-likeness (QED) is 0.488. The van der Waals surface area contributed by atoms with E-state index in [1.54, 1.807) is 10.9 Å². The highest BCUT2D eigenvalue weighted by Crippen LogP contribution is 2.50. The van der Waals surface area contributed by atoms with Crippen molar-refractivity contribution in [3.63, 3.8) is 0 Å². The standard InChI is InChI=1S/C23H30F3N3O5S2/c1-4-17-9-18-19(34-21(30)23(24,25)26)14-33-22(20(18)35-17)5-6-28(15(2)10-22)12-16-11-27-29(13-16)7-8-36(3,31)32/h9,11,13,15,19H,4-8,10,12,14H2,1-3H3/t15-,19?,22+/m0/s1. The molecule has 0 aromatic carbocycles. The highest BCUT2D eigenvalue weighted by atomic mass is 32.2. The Morgan fingerprint density at radius 2 is 2.14 bits per heavy atom. The molecule has 0 radical (unpaired) electrons. The minimum atomic E-state index is -5.06. The first-order chi connectivity index (χ1) is 16.8. The van der Waals surface area contributed by atoms with Crippen molar-refractivity contribution in [2.75, 3.05) is 25.2 Å². The molecule has 2 aromatic rings. The van der Waals surface area contributed by atoms with Crippen LogP contribution < -0.4 is 0 Å². The molecule has 1 spiro atoms. The van der Waals surface area contributed by atoms with E-state index >= 15 is 0 Å². The maximum Gasteiger partial charge on any atom is 0.490 e. The Morgan fingerprint density at radius 3 is 2.78 bits per heavy atom. The van der Waals surface area contributed by atoms with Gasteiger partial charge >= 0.3 is 12.1 Å². The number of alkyl halides is 3. The number of hydrogen-bond donors (Lipinski definition) is 0. The maximum absolute atomic E-state index is 12.8. The Kier molecular flexibility index (Phi) is 7.58. The van der Waals surface area contributed by atoms with Crippen molar-refractivity contribution in [3.8, 4) is 0 Å². The molecule has 2 aromatic heterocycles. The normalized spacial score (nSPS) is 25.2. The molecule has 2 aliphatic heterocycles. The summed E-state index contributed by atoms with van der Waals surface area (Å²) in [5.74, 6) is -2.18. The van der Waals surface area contributed by atoms with Gasteiger partial charge < -0.3 is 9.47 Å². The van der Waals surface area contributed by atoms with Crippen LogP contribution in [0.15, 0.2) is 18.5 Å². The number of fused-ring (bicyclic) bond motifs is 2. The monoisotopic (exact) mass is 549 g/mol. The maximum atomic E-state index is 12.8. The summed E-state index contributed by atoms with van der Waals surface area (Å²) in [6.45, 7) is 5.58. The lowest BCUT2D eigenvalue weighted by molar-refractivity contribution is -0.214. The highest BCUT2D eigenvalue weighted by molar-refractivity contribution is 7.90. The van der Waals surface area contributed by atoms with Crippen molar-refractivity contribution in [3.05, 3.63) is 39.3 Å². The summed E-state index contributed by atoms with van der Waals surface area (Å²) in [6, 6.07) is 1.95. The summed E-state index contributed by atoms with van der Waals surface area (Å²) >= 11 is 1.52. The molecular weight excluding hydrogens is 519 g/mol. The lowest BCUT2D eigenvalue weighted by Gasteiger charge is -2.48. The summed E-state index contributed by atoms with van der Waals surface area (Å²) < 4.78 is 73.9. The molecule has 4 rings (SSSR count). The minimum Gasteiger partial charge on any atom is -0.448 e. The molecule has 4 heterocycles. The molecule has 1 fully saturated rings. The van der Waals surface area contributed by atoms with E-state index in [-0.39, 0.29) is 18.4 Å². The van der Waals surface area contributed by atoms with Gasteiger partial charge in [0, 0.05) is 52.5 Å². The fraction of sp³-hybridized carbons (Fsp3) is 0.652. The summed E-state index contributed by atoms with van der Waals surface area (Å²) in [6.07, 6.45) is 0.659. The first-order valence-electron chi connectivity index (χ1n) is 11.8. The van der Waals surface area contributed by atoms with Gasteiger partial charge in [-0.25, -0.2) is 13.2 Å². The number of carbonyl (C=O) groups is 1. The number of rotatable bonds is 7. The topological polar surface area (TPSA) is 90.7 Å². The van der Waals surface area contributed by atoms with Crippen molar-refractivity contribution in [1.82, 2.24) is 14.7 Å². The number of carbonyl (C=O) groups excluding carboxylic acids is 1. The van der Waals surface area contributed by atoms with Crippen molar-refractivity contribution >= 4 is 27.1 Å². The molecule has 3 atom stereocenters. The van der Waals surface area contributed by atoms with E-state index in [1.165, 1.54) is 17.6 Å². The molecule has 13 heteroatoms. The van der Waals surface area contributed by atoms with Crippen LogP contribution in [0.5, 0.6) is 0 Å². The van der Waals surface area contributed by atoms with Crippen LogP contribution in [-0.2, 0) is 49.2 Å². The van der Waals surface area contributed by atoms with Crippen molar-refractivity contribution in [2.24, 2.45) is 0 Å². The van der Waals surface area contributed by atoms with Crippen LogP contribution in [0.2, 0.25) is 0 Å². The molecule has 8 nitrogen and oxygen atoms in total. The summed E-state index contributed by atoms with van der Waals surface area (Å²) in [4.78, 5) is 15.7. The third-order valence-corrected chi connectivity index (χ3v) is 9.13. The predicted molar refractivity (Wildman–Crippen MR) is 127 cm³/mol. The number of thiophene rings is 1. The van der Waals surface area contributed by atoms with Gasteiger partial charge in [-0.15, -0.1) is 11.3 Å². The van der Waals surface area contributed by atoms with Crippen LogP contribution in [0.3, 0.4) is 0 Å². The van der Waals surface area contributed by atoms with Gasteiger partial charge in [0.05, 0.1) is 25.1 Å². The van der Waals surface area contributed by atoms with E-state index in [0.717, 1.165) is 21.7 Å². The van der Waals surface area contributed by atoms with Crippen molar-refractivity contribution in [2.45, 2.75) is 70.1 Å². The van der Waals surface area contributed by atoms with Crippen molar-refractivity contribution in [1.29, 1.82) is 0 Å². The zero-order chi connectivity index (χ0) is 26.3. The predicted octanol–water partition coefficient (Wildman–Crippen LogP) is 3.61. The number of aromatic nitrogens is 2. The summed E-state index contributed by atoms with van der Waals surface area (Å²) in [5.41, 5.74) is 0.956. The molecule has 1 unspecified atom stereocenters. The second-order valence-corrected chi connectivity index (χ2v) is 13.0. The molecule has 2 aliphatic rings. The smallest absolute Gasteiger partial charge is 0.448 e. The van der Waals surface area contributed by atoms with Gasteiger partial charge in [-0.3, -0.25) is 9.58 Å². The Hall–Kier alpha value is -1.96. The number of halogens is 3. The van der Waals surface area contributed by atoms with Gasteiger partial charge in [-0.05, 0) is 32.3 Å². The van der Waals surface area contributed by atoms with Crippen LogP contribution in [0.25, 0.3) is 0 Å². The fourth-order valence-electron chi connectivity index (χ4n) is 4.84. The average molecular weight is 550 g/mol. The number of esters is 1. The zero-order valence-electron chi connectivity index (χ0n) is 20.4. The van der Waals surface area contributed by atoms with E-state index in [1.807, 2.05) is 19.2 Å². The second kappa shape index (κ2) is 10.1. The van der Waals surface area contributed by atoms with Gasteiger partial charge in [0.15, 0.2) is 6.10 Å². The number of nitrogens with zero attached hydrogens (tertiary/aromatic N) is 3. The Labute approximate surface area is 212 Å². The number of ether oxygens (including phenoxy) is 2. The fourth-order valence-corrected chi connectivity index (χ4v) is 6.69. The molecule has 36 heavy (non-hydrogen) atoms. The Bertz CT molecular complexity index is 1210. The van der Waals surface area contributed by atoms with Gasteiger partial charge in [-0.1, -0.05) is 6.92 Å². The number of hydrogen-bond acceptors (Lipinski definition) is 8. The zero-order valence-corrected chi connectivity index (χ0v) is 22.0. The van der Waals surface area contributed by atoms with E-state index in [2.05, 4.69) is 16.9 Å². The highest BCUT2D eigenvalue weighted by Gasteiger charge is 2.49. The van der Waals surface area contributed by atoms with E-state index in [0.29, 0.717) is 38.0 Å². The molecule has 0 bridgehead atoms. The van der Waals surface area contributed by atoms with Gasteiger partial charge in [-0.2, -0.15) is 18.3 Å². The molecule has 1 saturated heterocycles. The number of sulfone groups is 1. The lowest BCUT2D eigenvalue weighted by Crippen LogP contribution is -2.50. The third-order valence-electron chi connectivity index (χ3n) is 6.73. The molecule has 0 saturated carbocycles. The largest absolute Gasteiger partial charge is 0.490 e. The van der Waals surface area contributed by atoms with Gasteiger partial charge in [0.2, 0.25) is 0 Å². The van der Waals surface area contributed by atoms with E-state index in [9.17, 15) is 26.4 Å². The number of likely N-dealkylation sites (tertiary alicyclic amines) is 1. The molecule has 0 aliphatic carbocycles. The van der Waals surface area contributed by atoms with Crippen LogP contribution in [0, 0.1) is 0 Å². The second-order valence-electron chi connectivity index (χ2n) is 9.56. The molecule has 0 amide bonds. The number of piperidine rings is 1. The van der Waals surface area contributed by atoms with Gasteiger partial charge in [0.25, 0.3) is 0 Å². The van der Waals surface area contributed by atoms with E-state index in [4.69, 9.17) is 9.47 Å². The minimum absolute atomic E-state index is 0.0241. The van der Waals surface area contributed by atoms with Crippen LogP contribution in [-0.4, -0.2) is 66.4 Å². The summed E-state index contributed by atoms with van der Waals surface area (Å²) in [7, 11) is -3.08. The van der Waals surface area contributed by atoms with Crippen LogP contribution >= 0.6 is 11.3 Å². The molecule has 0 N–H and O–H groups in total. The molecular formula is C23H30F3N3O5S2. The average Bonchev–Trinajstić information content (AvgIpc) is 3.43. The lowest BCUT2D eigenvalue weighted by atomic mass is 9.81. The number of aryl methyl sites for hydroxylation is 2. The van der Waals surface area contributed by atoms with Crippen molar-refractivity contribution < 1.29 is 35.9 Å². The Balaban J connectivity index is 1.47. The molecule has 200 valence electrons. The van der Waals surface area contributed by atoms with E-state index < -0.39 is 33.7 Å². The Morgan fingerprint density at radius 1 is 1.39 bits per heavy atom. The summed E-state index contributed by atoms with van der Waals surface area (Å²) in [5, 5.41) is 4.27. The first-order valence-corrected chi connectivity index (χ1v) is 14.7. The van der Waals surface area contributed by atoms with Gasteiger partial charge in [0.1, 0.15) is 15.4 Å².